The Hall–Kier alpha value is -2.08. The summed E-state index contributed by atoms with van der Waals surface area (Å²) < 4.78 is 4.96. The van der Waals surface area contributed by atoms with Crippen LogP contribution in [0.3, 0.4) is 0 Å². The number of rotatable bonds is 7. The van der Waals surface area contributed by atoms with Crippen LogP contribution in [0.5, 0.6) is 0 Å². The van der Waals surface area contributed by atoms with Crippen LogP contribution in [0, 0.1) is 5.92 Å². The summed E-state index contributed by atoms with van der Waals surface area (Å²) in [6.07, 6.45) is -0.498. The molecule has 0 fully saturated rings. The van der Waals surface area contributed by atoms with Gasteiger partial charge in [0.05, 0.1) is 0 Å². The van der Waals surface area contributed by atoms with Gasteiger partial charge in [0.25, 0.3) is 0 Å². The second-order valence-corrected chi connectivity index (χ2v) is 4.51. The molecule has 0 saturated heterocycles. The zero-order chi connectivity index (χ0) is 15.0. The molecule has 0 unspecified atom stereocenters. The van der Waals surface area contributed by atoms with Gasteiger partial charge in [-0.25, -0.2) is 9.59 Å². The lowest BCUT2D eigenvalue weighted by molar-refractivity contribution is -0.140. The third-order valence-electron chi connectivity index (χ3n) is 2.91. The van der Waals surface area contributed by atoms with Gasteiger partial charge in [-0.05, 0) is 17.9 Å². The van der Waals surface area contributed by atoms with E-state index in [2.05, 4.69) is 5.32 Å². The van der Waals surface area contributed by atoms with E-state index >= 15 is 0 Å². The first-order valence-corrected chi connectivity index (χ1v) is 6.35. The highest BCUT2D eigenvalue weighted by molar-refractivity contribution is 5.80. The molecule has 110 valence electrons. The van der Waals surface area contributed by atoms with Crippen LogP contribution in [0.4, 0.5) is 4.79 Å². The highest BCUT2D eigenvalue weighted by atomic mass is 16.5. The van der Waals surface area contributed by atoms with E-state index < -0.39 is 18.1 Å². The minimum absolute atomic E-state index is 0.0768. The van der Waals surface area contributed by atoms with Gasteiger partial charge < -0.3 is 20.3 Å². The summed E-state index contributed by atoms with van der Waals surface area (Å²) in [5, 5.41) is 20.2. The minimum atomic E-state index is -1.15. The predicted octanol–water partition coefficient (Wildman–Crippen LogP) is 1.38. The first-order valence-electron chi connectivity index (χ1n) is 6.35. The molecule has 0 aliphatic rings. The van der Waals surface area contributed by atoms with E-state index in [1.807, 2.05) is 18.2 Å². The Morgan fingerprint density at radius 1 is 1.30 bits per heavy atom. The Labute approximate surface area is 117 Å². The third-order valence-corrected chi connectivity index (χ3v) is 2.91. The predicted molar refractivity (Wildman–Crippen MR) is 72.1 cm³/mol. The lowest BCUT2D eigenvalue weighted by Gasteiger charge is -2.20. The van der Waals surface area contributed by atoms with Crippen molar-refractivity contribution in [1.82, 2.24) is 5.32 Å². The molecule has 1 rings (SSSR count). The highest BCUT2D eigenvalue weighted by Gasteiger charge is 2.26. The molecule has 0 aromatic heterocycles. The average molecular weight is 281 g/mol. The molecule has 0 aliphatic heterocycles. The number of carboxylic acids is 1. The van der Waals surface area contributed by atoms with E-state index in [1.165, 1.54) is 0 Å². The van der Waals surface area contributed by atoms with E-state index in [9.17, 15) is 9.59 Å². The number of hydrogen-bond acceptors (Lipinski definition) is 4. The van der Waals surface area contributed by atoms with Crippen LogP contribution < -0.4 is 5.32 Å². The Balaban J connectivity index is 2.48. The van der Waals surface area contributed by atoms with Crippen molar-refractivity contribution >= 4 is 12.1 Å². The van der Waals surface area contributed by atoms with Gasteiger partial charge in [0.15, 0.2) is 0 Å². The Kier molecular flexibility index (Phi) is 6.52. The number of aliphatic hydroxyl groups excluding tert-OH is 1. The van der Waals surface area contributed by atoms with Crippen molar-refractivity contribution in [2.75, 3.05) is 6.61 Å². The fourth-order valence-corrected chi connectivity index (χ4v) is 1.71. The molecule has 0 radical (unpaired) electrons. The number of carboxylic acid groups (broad SMARTS) is 1. The number of aliphatic hydroxyl groups is 1. The SMILES string of the molecule is C[C@H](CCO)[C@H](NC(=O)OCc1ccccc1)C(=O)O. The summed E-state index contributed by atoms with van der Waals surface area (Å²) in [5.74, 6) is -1.54. The number of benzene rings is 1. The molecule has 0 bridgehead atoms. The maximum atomic E-state index is 11.6. The number of amides is 1. The molecular weight excluding hydrogens is 262 g/mol. The van der Waals surface area contributed by atoms with E-state index in [4.69, 9.17) is 14.9 Å². The lowest BCUT2D eigenvalue weighted by atomic mass is 9.99. The maximum absolute atomic E-state index is 11.6. The molecule has 3 N–H and O–H groups in total. The van der Waals surface area contributed by atoms with Gasteiger partial charge in [-0.15, -0.1) is 0 Å². The number of aliphatic carboxylic acids is 1. The number of carbonyl (C=O) groups excluding carboxylic acids is 1. The molecule has 1 amide bonds. The molecular formula is C14H19NO5. The number of alkyl carbamates (subject to hydrolysis) is 1. The summed E-state index contributed by atoms with van der Waals surface area (Å²) >= 11 is 0. The van der Waals surface area contributed by atoms with Crippen molar-refractivity contribution < 1.29 is 24.5 Å². The summed E-state index contributed by atoms with van der Waals surface area (Å²) in [7, 11) is 0. The highest BCUT2D eigenvalue weighted by Crippen LogP contribution is 2.09. The first kappa shape index (κ1) is 16.0. The molecule has 20 heavy (non-hydrogen) atoms. The summed E-state index contributed by atoms with van der Waals surface area (Å²) in [6, 6.07) is 8.01. The molecule has 0 spiro atoms. The monoisotopic (exact) mass is 281 g/mol. The van der Waals surface area contributed by atoms with E-state index in [-0.39, 0.29) is 25.6 Å². The van der Waals surface area contributed by atoms with Crippen molar-refractivity contribution in [2.45, 2.75) is 26.0 Å². The molecule has 2 atom stereocenters. The summed E-state index contributed by atoms with van der Waals surface area (Å²) in [5.41, 5.74) is 0.818. The van der Waals surface area contributed by atoms with Crippen LogP contribution in [-0.4, -0.2) is 34.9 Å². The van der Waals surface area contributed by atoms with Gasteiger partial charge in [-0.2, -0.15) is 0 Å². The molecule has 1 aromatic rings. The van der Waals surface area contributed by atoms with Crippen LogP contribution in [0.1, 0.15) is 18.9 Å². The van der Waals surface area contributed by atoms with Gasteiger partial charge in [-0.1, -0.05) is 37.3 Å². The van der Waals surface area contributed by atoms with Crippen molar-refractivity contribution in [3.05, 3.63) is 35.9 Å². The van der Waals surface area contributed by atoms with Crippen molar-refractivity contribution in [2.24, 2.45) is 5.92 Å². The van der Waals surface area contributed by atoms with Crippen molar-refractivity contribution in [3.63, 3.8) is 0 Å². The largest absolute Gasteiger partial charge is 0.480 e. The lowest BCUT2D eigenvalue weighted by Crippen LogP contribution is -2.45. The van der Waals surface area contributed by atoms with E-state index in [0.29, 0.717) is 0 Å². The number of ether oxygens (including phenoxy) is 1. The Morgan fingerprint density at radius 2 is 1.95 bits per heavy atom. The second-order valence-electron chi connectivity index (χ2n) is 4.51. The smallest absolute Gasteiger partial charge is 0.408 e. The Bertz CT molecular complexity index is 434. The molecule has 1 aromatic carbocycles. The van der Waals surface area contributed by atoms with Gasteiger partial charge >= 0.3 is 12.1 Å². The zero-order valence-electron chi connectivity index (χ0n) is 11.3. The van der Waals surface area contributed by atoms with Gasteiger partial charge in [0.2, 0.25) is 0 Å². The molecule has 0 saturated carbocycles. The van der Waals surface area contributed by atoms with Crippen LogP contribution >= 0.6 is 0 Å². The van der Waals surface area contributed by atoms with Crippen molar-refractivity contribution in [3.8, 4) is 0 Å². The van der Waals surface area contributed by atoms with Crippen molar-refractivity contribution in [1.29, 1.82) is 0 Å². The van der Waals surface area contributed by atoms with Crippen LogP contribution in [-0.2, 0) is 16.1 Å². The van der Waals surface area contributed by atoms with Gasteiger partial charge in [0, 0.05) is 6.61 Å². The number of hydrogen-bond donors (Lipinski definition) is 3. The summed E-state index contributed by atoms with van der Waals surface area (Å²) in [4.78, 5) is 22.7. The van der Waals surface area contributed by atoms with Crippen LogP contribution in [0.2, 0.25) is 0 Å². The standard InChI is InChI=1S/C14H19NO5/c1-10(7-8-16)12(13(17)18)15-14(19)20-9-11-5-3-2-4-6-11/h2-6,10,12,16H,7-9H2,1H3,(H,15,19)(H,17,18)/t10-,12+/m1/s1. The maximum Gasteiger partial charge on any atom is 0.408 e. The first-order chi connectivity index (χ1) is 9.54. The number of nitrogens with one attached hydrogen (secondary N) is 1. The average Bonchev–Trinajstić information content (AvgIpc) is 2.43. The molecule has 6 heteroatoms. The molecule has 6 nitrogen and oxygen atoms in total. The number of carbonyl (C=O) groups is 2. The minimum Gasteiger partial charge on any atom is -0.480 e. The molecule has 0 aliphatic carbocycles. The van der Waals surface area contributed by atoms with Gasteiger partial charge in [0.1, 0.15) is 12.6 Å². The molecule has 0 heterocycles. The summed E-state index contributed by atoms with van der Waals surface area (Å²) in [6.45, 7) is 1.59. The fourth-order valence-electron chi connectivity index (χ4n) is 1.71. The van der Waals surface area contributed by atoms with E-state index in [0.717, 1.165) is 5.56 Å². The van der Waals surface area contributed by atoms with E-state index in [1.54, 1.807) is 19.1 Å². The van der Waals surface area contributed by atoms with Crippen LogP contribution in [0.25, 0.3) is 0 Å². The Morgan fingerprint density at radius 3 is 2.50 bits per heavy atom. The third kappa shape index (κ3) is 5.27. The fraction of sp³-hybridized carbons (Fsp3) is 0.429. The van der Waals surface area contributed by atoms with Crippen LogP contribution in [0.15, 0.2) is 30.3 Å². The topological polar surface area (TPSA) is 95.9 Å². The van der Waals surface area contributed by atoms with Gasteiger partial charge in [-0.3, -0.25) is 0 Å². The quantitative estimate of drug-likeness (QED) is 0.701. The zero-order valence-corrected chi connectivity index (χ0v) is 11.3. The normalized spacial score (nSPS) is 13.3. The second kappa shape index (κ2) is 8.16.